The van der Waals surface area contributed by atoms with Gasteiger partial charge in [-0.15, -0.1) is 11.8 Å². The van der Waals surface area contributed by atoms with Crippen molar-refractivity contribution in [3.05, 3.63) is 66.9 Å². The van der Waals surface area contributed by atoms with Crippen LogP contribution in [0.3, 0.4) is 0 Å². The van der Waals surface area contributed by atoms with E-state index in [0.717, 1.165) is 21.5 Å². The molecule has 2 aromatic carbocycles. The number of anilines is 1. The molecule has 110 valence electrons. The topological polar surface area (TPSA) is 42.0 Å². The molecule has 1 aromatic heterocycles. The minimum atomic E-state index is -0.179. The van der Waals surface area contributed by atoms with Crippen LogP contribution < -0.4 is 5.32 Å². The number of aromatic nitrogens is 1. The SMILES string of the molecule is CC(Sc1ccccc1)C(=O)Nc1cccc2cccnc12. The van der Waals surface area contributed by atoms with Crippen LogP contribution in [-0.2, 0) is 4.79 Å². The normalized spacial score (nSPS) is 12.0. The number of benzene rings is 2. The van der Waals surface area contributed by atoms with Crippen LogP contribution >= 0.6 is 11.8 Å². The third-order valence-corrected chi connectivity index (χ3v) is 4.43. The molecule has 1 atom stereocenters. The maximum Gasteiger partial charge on any atom is 0.237 e. The van der Waals surface area contributed by atoms with Crippen molar-refractivity contribution in [2.45, 2.75) is 17.1 Å². The average molecular weight is 308 g/mol. The molecule has 0 aliphatic carbocycles. The Morgan fingerprint density at radius 3 is 2.64 bits per heavy atom. The van der Waals surface area contributed by atoms with E-state index < -0.39 is 0 Å². The molecule has 3 aromatic rings. The van der Waals surface area contributed by atoms with Gasteiger partial charge in [0.15, 0.2) is 0 Å². The van der Waals surface area contributed by atoms with Crippen LogP contribution in [0.25, 0.3) is 10.9 Å². The molecule has 22 heavy (non-hydrogen) atoms. The number of nitrogens with one attached hydrogen (secondary N) is 1. The Bertz CT molecular complexity index is 784. The van der Waals surface area contributed by atoms with E-state index in [1.807, 2.05) is 67.6 Å². The molecule has 3 nitrogen and oxygen atoms in total. The van der Waals surface area contributed by atoms with Crippen molar-refractivity contribution in [1.82, 2.24) is 4.98 Å². The molecule has 0 spiro atoms. The van der Waals surface area contributed by atoms with E-state index in [0.29, 0.717) is 0 Å². The monoisotopic (exact) mass is 308 g/mol. The Kier molecular flexibility index (Phi) is 4.39. The fourth-order valence-corrected chi connectivity index (χ4v) is 3.08. The highest BCUT2D eigenvalue weighted by molar-refractivity contribution is 8.00. The van der Waals surface area contributed by atoms with E-state index in [-0.39, 0.29) is 11.2 Å². The van der Waals surface area contributed by atoms with E-state index in [2.05, 4.69) is 10.3 Å². The minimum absolute atomic E-state index is 0.0213. The number of nitrogens with zero attached hydrogens (tertiary/aromatic N) is 1. The second-order valence-corrected chi connectivity index (χ2v) is 6.36. The Labute approximate surface area is 133 Å². The standard InChI is InChI=1S/C18H16N2OS/c1-13(22-15-9-3-2-4-10-15)18(21)20-16-11-5-7-14-8-6-12-19-17(14)16/h2-13H,1H3,(H,20,21). The summed E-state index contributed by atoms with van der Waals surface area (Å²) in [5.74, 6) is -0.0213. The first kappa shape index (κ1) is 14.6. The molecule has 0 fully saturated rings. The lowest BCUT2D eigenvalue weighted by atomic mass is 10.2. The number of rotatable bonds is 4. The summed E-state index contributed by atoms with van der Waals surface area (Å²) in [6.07, 6.45) is 1.74. The molecule has 1 N–H and O–H groups in total. The van der Waals surface area contributed by atoms with Gasteiger partial charge in [-0.1, -0.05) is 36.4 Å². The summed E-state index contributed by atoms with van der Waals surface area (Å²) in [6, 6.07) is 19.6. The van der Waals surface area contributed by atoms with E-state index >= 15 is 0 Å². The summed E-state index contributed by atoms with van der Waals surface area (Å²) in [5.41, 5.74) is 1.57. The maximum atomic E-state index is 12.4. The Morgan fingerprint density at radius 2 is 1.82 bits per heavy atom. The Morgan fingerprint density at radius 1 is 1.05 bits per heavy atom. The number of hydrogen-bond donors (Lipinski definition) is 1. The van der Waals surface area contributed by atoms with Gasteiger partial charge in [0, 0.05) is 16.5 Å². The van der Waals surface area contributed by atoms with Gasteiger partial charge in [-0.05, 0) is 31.2 Å². The van der Waals surface area contributed by atoms with Crippen molar-refractivity contribution < 1.29 is 4.79 Å². The van der Waals surface area contributed by atoms with Gasteiger partial charge >= 0.3 is 0 Å². The molecule has 1 heterocycles. The number of para-hydroxylation sites is 1. The molecule has 0 saturated heterocycles. The number of amides is 1. The van der Waals surface area contributed by atoms with Gasteiger partial charge in [-0.25, -0.2) is 0 Å². The lowest BCUT2D eigenvalue weighted by molar-refractivity contribution is -0.115. The van der Waals surface area contributed by atoms with E-state index in [1.54, 1.807) is 18.0 Å². The van der Waals surface area contributed by atoms with E-state index in [4.69, 9.17) is 0 Å². The van der Waals surface area contributed by atoms with Gasteiger partial charge in [0.1, 0.15) is 0 Å². The summed E-state index contributed by atoms with van der Waals surface area (Å²) in [7, 11) is 0. The Hall–Kier alpha value is -2.33. The molecular weight excluding hydrogens is 292 g/mol. The molecule has 1 unspecified atom stereocenters. The average Bonchev–Trinajstić information content (AvgIpc) is 2.56. The van der Waals surface area contributed by atoms with Crippen LogP contribution in [0.4, 0.5) is 5.69 Å². The molecule has 0 aliphatic rings. The van der Waals surface area contributed by atoms with Gasteiger partial charge < -0.3 is 5.32 Å². The number of carbonyl (C=O) groups is 1. The van der Waals surface area contributed by atoms with Gasteiger partial charge in [0.25, 0.3) is 0 Å². The first-order valence-electron chi connectivity index (χ1n) is 7.10. The number of fused-ring (bicyclic) bond motifs is 1. The summed E-state index contributed by atoms with van der Waals surface area (Å²) in [6.45, 7) is 1.91. The number of carbonyl (C=O) groups excluding carboxylic acids is 1. The zero-order valence-corrected chi connectivity index (χ0v) is 13.0. The fraction of sp³-hybridized carbons (Fsp3) is 0.111. The van der Waals surface area contributed by atoms with Crippen LogP contribution in [0, 0.1) is 0 Å². The quantitative estimate of drug-likeness (QED) is 0.728. The minimum Gasteiger partial charge on any atom is -0.323 e. The largest absolute Gasteiger partial charge is 0.323 e. The predicted molar refractivity (Wildman–Crippen MR) is 92.1 cm³/mol. The third-order valence-electron chi connectivity index (χ3n) is 3.32. The summed E-state index contributed by atoms with van der Waals surface area (Å²) in [5, 5.41) is 3.82. The summed E-state index contributed by atoms with van der Waals surface area (Å²) in [4.78, 5) is 17.8. The summed E-state index contributed by atoms with van der Waals surface area (Å²) < 4.78 is 0. The lowest BCUT2D eigenvalue weighted by Gasteiger charge is -2.13. The molecule has 1 amide bonds. The van der Waals surface area contributed by atoms with Crippen molar-refractivity contribution in [1.29, 1.82) is 0 Å². The smallest absolute Gasteiger partial charge is 0.237 e. The molecular formula is C18H16N2OS. The molecule has 0 aliphatic heterocycles. The molecule has 0 saturated carbocycles. The van der Waals surface area contributed by atoms with Crippen molar-refractivity contribution in [3.63, 3.8) is 0 Å². The van der Waals surface area contributed by atoms with Crippen molar-refractivity contribution >= 4 is 34.3 Å². The van der Waals surface area contributed by atoms with E-state index in [1.165, 1.54) is 0 Å². The molecule has 4 heteroatoms. The highest BCUT2D eigenvalue weighted by atomic mass is 32.2. The lowest BCUT2D eigenvalue weighted by Crippen LogP contribution is -2.22. The van der Waals surface area contributed by atoms with Gasteiger partial charge in [-0.3, -0.25) is 9.78 Å². The van der Waals surface area contributed by atoms with Crippen LogP contribution in [0.15, 0.2) is 71.8 Å². The molecule has 0 radical (unpaired) electrons. The van der Waals surface area contributed by atoms with Crippen LogP contribution in [0.2, 0.25) is 0 Å². The fourth-order valence-electron chi connectivity index (χ4n) is 2.20. The van der Waals surface area contributed by atoms with Crippen LogP contribution in [-0.4, -0.2) is 16.1 Å². The molecule has 0 bridgehead atoms. The highest BCUT2D eigenvalue weighted by Gasteiger charge is 2.15. The highest BCUT2D eigenvalue weighted by Crippen LogP contribution is 2.25. The van der Waals surface area contributed by atoms with Gasteiger partial charge in [0.2, 0.25) is 5.91 Å². The Balaban J connectivity index is 1.75. The summed E-state index contributed by atoms with van der Waals surface area (Å²) >= 11 is 1.54. The van der Waals surface area contributed by atoms with Crippen molar-refractivity contribution in [2.75, 3.05) is 5.32 Å². The predicted octanol–water partition coefficient (Wildman–Crippen LogP) is 4.35. The number of pyridine rings is 1. The zero-order chi connectivity index (χ0) is 15.4. The van der Waals surface area contributed by atoms with Crippen LogP contribution in [0.5, 0.6) is 0 Å². The number of thioether (sulfide) groups is 1. The van der Waals surface area contributed by atoms with E-state index in [9.17, 15) is 4.79 Å². The maximum absolute atomic E-state index is 12.4. The molecule has 3 rings (SSSR count). The first-order chi connectivity index (χ1) is 10.7. The zero-order valence-electron chi connectivity index (χ0n) is 12.2. The third kappa shape index (κ3) is 3.28. The van der Waals surface area contributed by atoms with Gasteiger partial charge in [-0.2, -0.15) is 0 Å². The second-order valence-electron chi connectivity index (χ2n) is 4.94. The first-order valence-corrected chi connectivity index (χ1v) is 7.98. The van der Waals surface area contributed by atoms with Gasteiger partial charge in [0.05, 0.1) is 16.5 Å². The second kappa shape index (κ2) is 6.62. The van der Waals surface area contributed by atoms with Crippen molar-refractivity contribution in [3.8, 4) is 0 Å². The van der Waals surface area contributed by atoms with Crippen LogP contribution in [0.1, 0.15) is 6.92 Å². The number of hydrogen-bond acceptors (Lipinski definition) is 3. The van der Waals surface area contributed by atoms with Crippen molar-refractivity contribution in [2.24, 2.45) is 0 Å².